The lowest BCUT2D eigenvalue weighted by molar-refractivity contribution is -0.154. The zero-order valence-corrected chi connectivity index (χ0v) is 14.8. The lowest BCUT2D eigenvalue weighted by Crippen LogP contribution is -2.40. The third-order valence-electron chi connectivity index (χ3n) is 5.66. The molecule has 6 nitrogen and oxygen atoms in total. The van der Waals surface area contributed by atoms with Gasteiger partial charge in [-0.2, -0.15) is 0 Å². The number of rotatable bonds is 5. The van der Waals surface area contributed by atoms with Gasteiger partial charge in [0.05, 0.1) is 0 Å². The van der Waals surface area contributed by atoms with E-state index in [2.05, 4.69) is 9.97 Å². The maximum absolute atomic E-state index is 12.2. The first kappa shape index (κ1) is 17.1. The number of H-pyrrole nitrogens is 1. The average Bonchev–Trinajstić information content (AvgIpc) is 3.19. The molecule has 2 bridgehead atoms. The highest BCUT2D eigenvalue weighted by Crippen LogP contribution is 2.53. The van der Waals surface area contributed by atoms with Gasteiger partial charge in [0.15, 0.2) is 5.78 Å². The van der Waals surface area contributed by atoms with Crippen molar-refractivity contribution in [3.63, 3.8) is 0 Å². The molecule has 2 aliphatic carbocycles. The monoisotopic (exact) mass is 333 g/mol. The fourth-order valence-electron chi connectivity index (χ4n) is 4.25. The van der Waals surface area contributed by atoms with Crippen LogP contribution in [0.2, 0.25) is 0 Å². The van der Waals surface area contributed by atoms with E-state index in [0.29, 0.717) is 11.6 Å². The first-order valence-electron chi connectivity index (χ1n) is 8.83. The number of carbonyl (C=O) groups excluding carboxylic acids is 2. The topological polar surface area (TPSA) is 98.1 Å². The minimum atomic E-state index is -0.571. The average molecular weight is 333 g/mol. The van der Waals surface area contributed by atoms with Crippen LogP contribution in [0.5, 0.6) is 0 Å². The van der Waals surface area contributed by atoms with Crippen molar-refractivity contribution in [2.45, 2.75) is 65.0 Å². The Morgan fingerprint density at radius 3 is 2.62 bits per heavy atom. The lowest BCUT2D eigenvalue weighted by Gasteiger charge is -2.22. The van der Waals surface area contributed by atoms with Crippen LogP contribution in [-0.2, 0) is 9.53 Å². The third kappa shape index (κ3) is 2.88. The van der Waals surface area contributed by atoms with Crippen LogP contribution in [0, 0.1) is 24.7 Å². The fourth-order valence-corrected chi connectivity index (χ4v) is 4.25. The zero-order chi connectivity index (χ0) is 17.6. The number of ether oxygens (including phenoxy) is 1. The molecule has 2 fully saturated rings. The second kappa shape index (κ2) is 6.31. The Balaban J connectivity index is 1.75. The third-order valence-corrected chi connectivity index (χ3v) is 5.66. The van der Waals surface area contributed by atoms with Crippen molar-refractivity contribution in [1.82, 2.24) is 9.97 Å². The van der Waals surface area contributed by atoms with Crippen LogP contribution in [0.1, 0.15) is 68.0 Å². The molecule has 0 saturated heterocycles. The minimum absolute atomic E-state index is 0.0240. The molecule has 0 radical (unpaired) electrons. The molecule has 5 atom stereocenters. The number of hydrogen-bond donors (Lipinski definition) is 2. The molecule has 0 amide bonds. The Morgan fingerprint density at radius 1 is 1.33 bits per heavy atom. The number of nitrogens with one attached hydrogen (secondary N) is 1. The molecule has 24 heavy (non-hydrogen) atoms. The van der Waals surface area contributed by atoms with Gasteiger partial charge in [0, 0.05) is 24.5 Å². The van der Waals surface area contributed by atoms with E-state index in [1.54, 1.807) is 0 Å². The van der Waals surface area contributed by atoms with Crippen molar-refractivity contribution in [1.29, 1.82) is 0 Å². The second-order valence-corrected chi connectivity index (χ2v) is 7.67. The van der Waals surface area contributed by atoms with Crippen molar-refractivity contribution in [2.75, 3.05) is 0 Å². The largest absolute Gasteiger partial charge is 0.461 e. The van der Waals surface area contributed by atoms with Crippen molar-refractivity contribution >= 4 is 11.8 Å². The molecule has 0 aromatic carbocycles. The van der Waals surface area contributed by atoms with E-state index < -0.39 is 6.04 Å². The molecule has 132 valence electrons. The van der Waals surface area contributed by atoms with Crippen molar-refractivity contribution in [3.05, 3.63) is 17.2 Å². The number of esters is 1. The van der Waals surface area contributed by atoms with Gasteiger partial charge in [0.25, 0.3) is 0 Å². The van der Waals surface area contributed by atoms with E-state index in [-0.39, 0.29) is 35.6 Å². The summed E-state index contributed by atoms with van der Waals surface area (Å²) < 4.78 is 5.79. The number of carbonyl (C=O) groups is 2. The molecule has 6 heteroatoms. The maximum atomic E-state index is 12.2. The Hall–Kier alpha value is -1.69. The Morgan fingerprint density at radius 2 is 2.04 bits per heavy atom. The molecule has 1 aromatic heterocycles. The van der Waals surface area contributed by atoms with Gasteiger partial charge in [-0.25, -0.2) is 4.98 Å². The van der Waals surface area contributed by atoms with E-state index >= 15 is 0 Å². The summed E-state index contributed by atoms with van der Waals surface area (Å²) in [5.41, 5.74) is 7.25. The summed E-state index contributed by atoms with van der Waals surface area (Å²) in [6.45, 7) is 7.26. The molecule has 1 heterocycles. The van der Waals surface area contributed by atoms with Crippen LogP contribution >= 0.6 is 0 Å². The van der Waals surface area contributed by atoms with Crippen LogP contribution in [0.3, 0.4) is 0 Å². The smallest absolute Gasteiger partial charge is 0.323 e. The molecular formula is C18H27N3O3. The van der Waals surface area contributed by atoms with Gasteiger partial charge >= 0.3 is 5.97 Å². The van der Waals surface area contributed by atoms with E-state index in [4.69, 9.17) is 10.5 Å². The van der Waals surface area contributed by atoms with Crippen LogP contribution in [-0.4, -0.2) is 33.9 Å². The SMILES string of the molecule is CC(=O)c1nc(C2CC3CCC2C3OC(=O)[C@@H](N)C(C)C)[nH]c1C. The van der Waals surface area contributed by atoms with E-state index in [1.165, 1.54) is 6.92 Å². The molecule has 3 N–H and O–H groups in total. The number of Topliss-reactive ketones (excluding diaryl/α,β-unsaturated/α-hetero) is 1. The van der Waals surface area contributed by atoms with Crippen LogP contribution < -0.4 is 5.73 Å². The van der Waals surface area contributed by atoms with E-state index in [9.17, 15) is 9.59 Å². The number of fused-ring (bicyclic) bond motifs is 2. The van der Waals surface area contributed by atoms with Gasteiger partial charge in [-0.3, -0.25) is 9.59 Å². The first-order valence-corrected chi connectivity index (χ1v) is 8.83. The van der Waals surface area contributed by atoms with Crippen molar-refractivity contribution in [3.8, 4) is 0 Å². The Bertz CT molecular complexity index is 652. The number of hydrogen-bond acceptors (Lipinski definition) is 5. The number of aromatic amines is 1. The molecule has 0 aliphatic heterocycles. The number of ketones is 1. The number of nitrogens with two attached hydrogens (primary N) is 1. The Labute approximate surface area is 142 Å². The maximum Gasteiger partial charge on any atom is 0.323 e. The highest BCUT2D eigenvalue weighted by molar-refractivity contribution is 5.93. The number of aromatic nitrogens is 2. The summed E-state index contributed by atoms with van der Waals surface area (Å²) in [5, 5.41) is 0. The van der Waals surface area contributed by atoms with Crippen molar-refractivity contribution < 1.29 is 14.3 Å². The molecular weight excluding hydrogens is 306 g/mol. The normalized spacial score (nSPS) is 29.9. The second-order valence-electron chi connectivity index (χ2n) is 7.67. The van der Waals surface area contributed by atoms with Gasteiger partial charge in [-0.05, 0) is 38.0 Å². The summed E-state index contributed by atoms with van der Waals surface area (Å²) in [5.74, 6) is 1.47. The van der Waals surface area contributed by atoms with Gasteiger partial charge < -0.3 is 15.5 Å². The minimum Gasteiger partial charge on any atom is -0.461 e. The number of imidazole rings is 1. The van der Waals surface area contributed by atoms with Crippen LogP contribution in [0.4, 0.5) is 0 Å². The van der Waals surface area contributed by atoms with Gasteiger partial charge in [-0.1, -0.05) is 13.8 Å². The van der Waals surface area contributed by atoms with Crippen molar-refractivity contribution in [2.24, 2.45) is 23.5 Å². The van der Waals surface area contributed by atoms with E-state index in [1.807, 2.05) is 20.8 Å². The predicted molar refractivity (Wildman–Crippen MR) is 89.6 cm³/mol. The highest BCUT2D eigenvalue weighted by Gasteiger charge is 2.52. The van der Waals surface area contributed by atoms with Gasteiger partial charge in [0.2, 0.25) is 0 Å². The summed E-state index contributed by atoms with van der Waals surface area (Å²) in [6.07, 6.45) is 2.98. The lowest BCUT2D eigenvalue weighted by atomic mass is 9.88. The van der Waals surface area contributed by atoms with Crippen LogP contribution in [0.25, 0.3) is 0 Å². The summed E-state index contributed by atoms with van der Waals surface area (Å²) >= 11 is 0. The van der Waals surface area contributed by atoms with E-state index in [0.717, 1.165) is 30.8 Å². The van der Waals surface area contributed by atoms with Gasteiger partial charge in [-0.15, -0.1) is 0 Å². The summed E-state index contributed by atoms with van der Waals surface area (Å²) in [4.78, 5) is 31.7. The molecule has 4 unspecified atom stereocenters. The fraction of sp³-hybridized carbons (Fsp3) is 0.722. The molecule has 1 aromatic rings. The quantitative estimate of drug-likeness (QED) is 0.636. The summed E-state index contributed by atoms with van der Waals surface area (Å²) in [7, 11) is 0. The Kier molecular flexibility index (Phi) is 4.51. The highest BCUT2D eigenvalue weighted by atomic mass is 16.5. The van der Waals surface area contributed by atoms with Crippen LogP contribution in [0.15, 0.2) is 0 Å². The first-order chi connectivity index (χ1) is 11.3. The predicted octanol–water partition coefficient (Wildman–Crippen LogP) is 2.33. The standard InChI is InChI=1S/C18H27N3O3/c1-8(2)14(19)18(23)24-16-11-5-6-12(16)13(7-11)17-20-9(3)15(21-17)10(4)22/h8,11-14,16H,5-7,19H2,1-4H3,(H,20,21)/t11?,12?,13?,14-,16?/m0/s1. The summed E-state index contributed by atoms with van der Waals surface area (Å²) in [6, 6.07) is -0.571. The van der Waals surface area contributed by atoms with Gasteiger partial charge in [0.1, 0.15) is 23.7 Å². The number of aryl methyl sites for hydroxylation is 1. The zero-order valence-electron chi connectivity index (χ0n) is 14.8. The molecule has 2 aliphatic rings. The molecule has 2 saturated carbocycles. The molecule has 0 spiro atoms. The molecule has 3 rings (SSSR count). The number of nitrogens with zero attached hydrogens (tertiary/aromatic N) is 1.